The molecule has 0 bridgehead atoms. The Balaban J connectivity index is 1.28. The number of pyridine rings is 1. The maximum absolute atomic E-state index is 13.1. The van der Waals surface area contributed by atoms with Crippen LogP contribution in [0.25, 0.3) is 0 Å². The molecule has 2 fully saturated rings. The summed E-state index contributed by atoms with van der Waals surface area (Å²) < 4.78 is 7.33. The molecule has 9 nitrogen and oxygen atoms in total. The third kappa shape index (κ3) is 5.81. The summed E-state index contributed by atoms with van der Waals surface area (Å²) in [6.07, 6.45) is 9.37. The molecule has 0 aliphatic carbocycles. The van der Waals surface area contributed by atoms with Crippen LogP contribution in [-0.4, -0.2) is 77.2 Å². The van der Waals surface area contributed by atoms with Crippen molar-refractivity contribution in [1.82, 2.24) is 24.8 Å². The van der Waals surface area contributed by atoms with Crippen LogP contribution in [-0.2, 0) is 16.1 Å². The normalized spacial score (nSPS) is 19.3. The number of ether oxygens (including phenoxy) is 1. The van der Waals surface area contributed by atoms with Crippen molar-refractivity contribution in [3.05, 3.63) is 42.6 Å². The molecule has 31 heavy (non-hydrogen) atoms. The van der Waals surface area contributed by atoms with Crippen molar-refractivity contribution in [3.63, 3.8) is 0 Å². The van der Waals surface area contributed by atoms with Crippen molar-refractivity contribution < 1.29 is 14.3 Å². The van der Waals surface area contributed by atoms with Gasteiger partial charge in [-0.25, -0.2) is 9.97 Å². The zero-order valence-electron chi connectivity index (χ0n) is 17.8. The summed E-state index contributed by atoms with van der Waals surface area (Å²) in [6, 6.07) is 3.65. The van der Waals surface area contributed by atoms with E-state index in [1.807, 2.05) is 21.7 Å². The molecule has 0 unspecified atom stereocenters. The number of hydrogen-bond donors (Lipinski definition) is 1. The first-order chi connectivity index (χ1) is 15.2. The van der Waals surface area contributed by atoms with Crippen molar-refractivity contribution in [2.75, 3.05) is 50.8 Å². The van der Waals surface area contributed by atoms with Crippen LogP contribution in [0.15, 0.2) is 37.1 Å². The van der Waals surface area contributed by atoms with Gasteiger partial charge in [0.15, 0.2) is 0 Å². The molecule has 4 rings (SSSR count). The number of imidazole rings is 1. The first kappa shape index (κ1) is 21.3. The number of piperidine rings is 1. The number of nitrogens with one attached hydrogen (secondary N) is 1. The van der Waals surface area contributed by atoms with Gasteiger partial charge < -0.3 is 24.4 Å². The zero-order chi connectivity index (χ0) is 21.5. The Morgan fingerprint density at radius 1 is 1.19 bits per heavy atom. The average molecular weight is 427 g/mol. The number of carbonyl (C=O) groups excluding carboxylic acids is 2. The third-order valence-corrected chi connectivity index (χ3v) is 5.86. The van der Waals surface area contributed by atoms with Crippen LogP contribution < -0.4 is 10.2 Å². The molecule has 1 N–H and O–H groups in total. The highest BCUT2D eigenvalue weighted by Crippen LogP contribution is 2.22. The largest absolute Gasteiger partial charge is 0.378 e. The standard InChI is InChI=1S/C22H30N6O3/c29-21(25-6-9-26-8-5-23-17-26)14-18-2-1-7-28(16-18)22(30)19-3-4-24-20(15-19)27-10-12-31-13-11-27/h3-5,8,15,17-18H,1-2,6-7,9-14,16H2,(H,25,29)/t18-/m0/s1. The molecule has 2 aromatic rings. The van der Waals surface area contributed by atoms with E-state index in [0.717, 1.165) is 38.3 Å². The summed E-state index contributed by atoms with van der Waals surface area (Å²) in [7, 11) is 0. The van der Waals surface area contributed by atoms with Crippen molar-refractivity contribution in [1.29, 1.82) is 0 Å². The first-order valence-electron chi connectivity index (χ1n) is 11.0. The van der Waals surface area contributed by atoms with Crippen LogP contribution in [0.5, 0.6) is 0 Å². The Kier molecular flexibility index (Phi) is 7.14. The van der Waals surface area contributed by atoms with Crippen LogP contribution in [0.2, 0.25) is 0 Å². The van der Waals surface area contributed by atoms with E-state index in [1.165, 1.54) is 0 Å². The molecule has 0 spiro atoms. The van der Waals surface area contributed by atoms with E-state index in [2.05, 4.69) is 20.2 Å². The molecule has 9 heteroatoms. The minimum absolute atomic E-state index is 0.0159. The number of nitrogens with zero attached hydrogens (tertiary/aromatic N) is 5. The van der Waals surface area contributed by atoms with Gasteiger partial charge in [0.25, 0.3) is 5.91 Å². The van der Waals surface area contributed by atoms with E-state index in [9.17, 15) is 9.59 Å². The van der Waals surface area contributed by atoms with Crippen molar-refractivity contribution in [2.24, 2.45) is 5.92 Å². The lowest BCUT2D eigenvalue weighted by Gasteiger charge is -2.33. The Morgan fingerprint density at radius 2 is 2.06 bits per heavy atom. The predicted molar refractivity (Wildman–Crippen MR) is 116 cm³/mol. The molecule has 0 saturated carbocycles. The molecular formula is C22H30N6O3. The van der Waals surface area contributed by atoms with Gasteiger partial charge in [0.1, 0.15) is 5.82 Å². The minimum atomic E-state index is 0.0159. The fourth-order valence-corrected chi connectivity index (χ4v) is 4.19. The second kappa shape index (κ2) is 10.4. The Hall–Kier alpha value is -2.94. The Morgan fingerprint density at radius 3 is 2.87 bits per heavy atom. The van der Waals surface area contributed by atoms with Gasteiger partial charge in [-0.15, -0.1) is 0 Å². The van der Waals surface area contributed by atoms with Crippen LogP contribution in [0.3, 0.4) is 0 Å². The van der Waals surface area contributed by atoms with Gasteiger partial charge in [-0.3, -0.25) is 9.59 Å². The van der Waals surface area contributed by atoms with E-state index in [-0.39, 0.29) is 17.7 Å². The SMILES string of the molecule is O=C(C[C@@H]1CCCN(C(=O)c2ccnc(N3CCOCC3)c2)C1)NCCn1ccnc1. The quantitative estimate of drug-likeness (QED) is 0.715. The van der Waals surface area contributed by atoms with E-state index in [4.69, 9.17) is 4.74 Å². The van der Waals surface area contributed by atoms with Gasteiger partial charge in [-0.05, 0) is 30.9 Å². The van der Waals surface area contributed by atoms with E-state index in [0.29, 0.717) is 44.8 Å². The summed E-state index contributed by atoms with van der Waals surface area (Å²) in [6.45, 7) is 5.55. The number of anilines is 1. The van der Waals surface area contributed by atoms with Crippen LogP contribution in [0, 0.1) is 5.92 Å². The maximum atomic E-state index is 13.1. The van der Waals surface area contributed by atoms with Crippen molar-refractivity contribution in [3.8, 4) is 0 Å². The molecule has 4 heterocycles. The molecule has 0 radical (unpaired) electrons. The lowest BCUT2D eigenvalue weighted by atomic mass is 9.94. The second-order valence-corrected chi connectivity index (χ2v) is 8.12. The fraction of sp³-hybridized carbons (Fsp3) is 0.545. The number of amides is 2. The summed E-state index contributed by atoms with van der Waals surface area (Å²) in [4.78, 5) is 37.9. The molecule has 2 aromatic heterocycles. The summed E-state index contributed by atoms with van der Waals surface area (Å²) in [5.41, 5.74) is 0.655. The number of aromatic nitrogens is 3. The summed E-state index contributed by atoms with van der Waals surface area (Å²) in [5.74, 6) is 1.06. The molecule has 2 amide bonds. The number of likely N-dealkylation sites (tertiary alicyclic amines) is 1. The topological polar surface area (TPSA) is 92.6 Å². The highest BCUT2D eigenvalue weighted by molar-refractivity contribution is 5.95. The lowest BCUT2D eigenvalue weighted by molar-refractivity contribution is -0.122. The lowest BCUT2D eigenvalue weighted by Crippen LogP contribution is -2.42. The fourth-order valence-electron chi connectivity index (χ4n) is 4.19. The number of morpholine rings is 1. The molecule has 2 aliphatic rings. The molecule has 2 saturated heterocycles. The second-order valence-electron chi connectivity index (χ2n) is 8.12. The van der Waals surface area contributed by atoms with Gasteiger partial charge in [0.05, 0.1) is 19.5 Å². The van der Waals surface area contributed by atoms with E-state index < -0.39 is 0 Å². The van der Waals surface area contributed by atoms with Gasteiger partial charge in [-0.2, -0.15) is 0 Å². The van der Waals surface area contributed by atoms with Crippen LogP contribution >= 0.6 is 0 Å². The van der Waals surface area contributed by atoms with Gasteiger partial charge >= 0.3 is 0 Å². The molecule has 1 atom stereocenters. The number of carbonyl (C=O) groups is 2. The highest BCUT2D eigenvalue weighted by Gasteiger charge is 2.26. The smallest absolute Gasteiger partial charge is 0.254 e. The highest BCUT2D eigenvalue weighted by atomic mass is 16.5. The molecule has 2 aliphatic heterocycles. The summed E-state index contributed by atoms with van der Waals surface area (Å²) >= 11 is 0. The maximum Gasteiger partial charge on any atom is 0.254 e. The number of hydrogen-bond acceptors (Lipinski definition) is 6. The van der Waals surface area contributed by atoms with E-state index in [1.54, 1.807) is 24.8 Å². The van der Waals surface area contributed by atoms with Gasteiger partial charge in [-0.1, -0.05) is 0 Å². The predicted octanol–water partition coefficient (Wildman–Crippen LogP) is 1.17. The van der Waals surface area contributed by atoms with Crippen molar-refractivity contribution in [2.45, 2.75) is 25.8 Å². The Bertz CT molecular complexity index is 866. The average Bonchev–Trinajstić information content (AvgIpc) is 3.33. The molecule has 0 aromatic carbocycles. The summed E-state index contributed by atoms with van der Waals surface area (Å²) in [5, 5.41) is 2.97. The van der Waals surface area contributed by atoms with Gasteiger partial charge in [0.2, 0.25) is 5.91 Å². The molecule has 166 valence electrons. The molecular weight excluding hydrogens is 396 g/mol. The van der Waals surface area contributed by atoms with E-state index >= 15 is 0 Å². The first-order valence-corrected chi connectivity index (χ1v) is 11.0. The monoisotopic (exact) mass is 426 g/mol. The minimum Gasteiger partial charge on any atom is -0.378 e. The van der Waals surface area contributed by atoms with Crippen LogP contribution in [0.4, 0.5) is 5.82 Å². The van der Waals surface area contributed by atoms with Crippen molar-refractivity contribution >= 4 is 17.6 Å². The number of rotatable bonds is 7. The van der Waals surface area contributed by atoms with Crippen LogP contribution in [0.1, 0.15) is 29.6 Å². The third-order valence-electron chi connectivity index (χ3n) is 5.86. The zero-order valence-corrected chi connectivity index (χ0v) is 17.8. The van der Waals surface area contributed by atoms with Gasteiger partial charge in [0, 0.05) is 69.8 Å². The Labute approximate surface area is 182 Å².